The van der Waals surface area contributed by atoms with E-state index >= 15 is 0 Å². The molecule has 2 aliphatic heterocycles. The summed E-state index contributed by atoms with van der Waals surface area (Å²) in [5.74, 6) is -0.125. The molecule has 1 aromatic carbocycles. The monoisotopic (exact) mass is 325 g/mol. The van der Waals surface area contributed by atoms with Gasteiger partial charge in [-0.2, -0.15) is 0 Å². The Bertz CT molecular complexity index is 777. The molecule has 6 heteroatoms. The number of amides is 2. The summed E-state index contributed by atoms with van der Waals surface area (Å²) in [5.41, 5.74) is 2.49. The van der Waals surface area contributed by atoms with Gasteiger partial charge in [-0.1, -0.05) is 12.1 Å². The summed E-state index contributed by atoms with van der Waals surface area (Å²) in [6.07, 6.45) is 1.95. The van der Waals surface area contributed by atoms with Gasteiger partial charge >= 0.3 is 0 Å². The third-order valence-corrected chi connectivity index (χ3v) is 4.56. The van der Waals surface area contributed by atoms with Gasteiger partial charge in [0.1, 0.15) is 6.54 Å². The molecule has 0 spiro atoms. The molecule has 1 saturated heterocycles. The molecule has 124 valence electrons. The van der Waals surface area contributed by atoms with Crippen LogP contribution in [0.2, 0.25) is 0 Å². The fourth-order valence-electron chi connectivity index (χ4n) is 3.29. The van der Waals surface area contributed by atoms with Gasteiger partial charge in [-0.3, -0.25) is 9.59 Å². The lowest BCUT2D eigenvalue weighted by molar-refractivity contribution is -0.136. The van der Waals surface area contributed by atoms with Gasteiger partial charge < -0.3 is 19.1 Å². The largest absolute Gasteiger partial charge is 0.378 e. The van der Waals surface area contributed by atoms with Crippen molar-refractivity contribution in [2.45, 2.75) is 6.54 Å². The molecule has 1 aromatic heterocycles. The van der Waals surface area contributed by atoms with E-state index in [4.69, 9.17) is 4.74 Å². The number of hydrogen-bond donors (Lipinski definition) is 0. The van der Waals surface area contributed by atoms with Crippen LogP contribution in [0.4, 0.5) is 0 Å². The summed E-state index contributed by atoms with van der Waals surface area (Å²) in [5, 5.41) is 0. The maximum atomic E-state index is 12.9. The topological polar surface area (TPSA) is 54.8 Å². The van der Waals surface area contributed by atoms with Crippen molar-refractivity contribution in [3.8, 4) is 5.69 Å². The highest BCUT2D eigenvalue weighted by atomic mass is 16.5. The van der Waals surface area contributed by atoms with Crippen molar-refractivity contribution in [3.05, 3.63) is 53.9 Å². The van der Waals surface area contributed by atoms with Crippen molar-refractivity contribution in [2.75, 3.05) is 32.8 Å². The second-order valence-electron chi connectivity index (χ2n) is 6.04. The molecule has 1 fully saturated rings. The van der Waals surface area contributed by atoms with Crippen molar-refractivity contribution in [2.24, 2.45) is 0 Å². The van der Waals surface area contributed by atoms with Crippen LogP contribution in [0.3, 0.4) is 0 Å². The summed E-state index contributed by atoms with van der Waals surface area (Å²) in [6.45, 7) is 2.83. The van der Waals surface area contributed by atoms with Crippen LogP contribution in [0.5, 0.6) is 0 Å². The molecule has 24 heavy (non-hydrogen) atoms. The molecule has 4 rings (SSSR count). The zero-order valence-electron chi connectivity index (χ0n) is 13.4. The van der Waals surface area contributed by atoms with E-state index in [-0.39, 0.29) is 18.4 Å². The number of carbonyl (C=O) groups is 2. The fraction of sp³-hybridized carbons (Fsp3) is 0.333. The Morgan fingerprint density at radius 3 is 2.71 bits per heavy atom. The van der Waals surface area contributed by atoms with E-state index in [1.807, 2.05) is 47.2 Å². The van der Waals surface area contributed by atoms with E-state index in [2.05, 4.69) is 0 Å². The number of aromatic nitrogens is 1. The molecule has 3 heterocycles. The lowest BCUT2D eigenvalue weighted by Gasteiger charge is -2.29. The van der Waals surface area contributed by atoms with Crippen LogP contribution in [-0.2, 0) is 16.1 Å². The highest BCUT2D eigenvalue weighted by Crippen LogP contribution is 2.24. The number of morpholine rings is 1. The van der Waals surface area contributed by atoms with E-state index in [0.717, 1.165) is 11.4 Å². The second kappa shape index (κ2) is 6.13. The fourth-order valence-corrected chi connectivity index (χ4v) is 3.29. The van der Waals surface area contributed by atoms with Gasteiger partial charge in [0, 0.05) is 25.0 Å². The third-order valence-electron chi connectivity index (χ3n) is 4.56. The first-order valence-electron chi connectivity index (χ1n) is 8.14. The molecule has 2 amide bonds. The first-order chi connectivity index (χ1) is 11.7. The smallest absolute Gasteiger partial charge is 0.256 e. The molecule has 0 N–H and O–H groups in total. The molecule has 0 saturated carbocycles. The number of nitrogens with zero attached hydrogens (tertiary/aromatic N) is 3. The molecule has 2 aliphatic rings. The Labute approximate surface area is 140 Å². The van der Waals surface area contributed by atoms with Gasteiger partial charge in [0.25, 0.3) is 5.91 Å². The van der Waals surface area contributed by atoms with E-state index < -0.39 is 0 Å². The zero-order valence-corrected chi connectivity index (χ0v) is 13.4. The zero-order chi connectivity index (χ0) is 16.5. The van der Waals surface area contributed by atoms with Crippen LogP contribution in [0, 0.1) is 0 Å². The molecular weight excluding hydrogens is 306 g/mol. The van der Waals surface area contributed by atoms with Crippen molar-refractivity contribution in [3.63, 3.8) is 0 Å². The second-order valence-corrected chi connectivity index (χ2v) is 6.04. The lowest BCUT2D eigenvalue weighted by atomic mass is 10.1. The van der Waals surface area contributed by atoms with Crippen molar-refractivity contribution in [1.82, 2.24) is 14.4 Å². The quantitative estimate of drug-likeness (QED) is 0.836. The highest BCUT2D eigenvalue weighted by Gasteiger charge is 2.28. The SMILES string of the molecule is O=C(CN1Cc2cccn2-c2ccccc2C1=O)N1CCOCC1. The molecule has 0 aliphatic carbocycles. The summed E-state index contributed by atoms with van der Waals surface area (Å²) in [6, 6.07) is 11.5. The Kier molecular flexibility index (Phi) is 3.82. The van der Waals surface area contributed by atoms with Crippen molar-refractivity contribution < 1.29 is 14.3 Å². The third kappa shape index (κ3) is 2.59. The minimum Gasteiger partial charge on any atom is -0.378 e. The predicted molar refractivity (Wildman–Crippen MR) is 87.9 cm³/mol. The van der Waals surface area contributed by atoms with E-state index in [1.54, 1.807) is 9.80 Å². The van der Waals surface area contributed by atoms with Crippen LogP contribution in [-0.4, -0.2) is 59.0 Å². The van der Waals surface area contributed by atoms with Crippen molar-refractivity contribution in [1.29, 1.82) is 0 Å². The van der Waals surface area contributed by atoms with Gasteiger partial charge in [-0.05, 0) is 24.3 Å². The molecule has 0 radical (unpaired) electrons. The van der Waals surface area contributed by atoms with E-state index in [0.29, 0.717) is 38.4 Å². The summed E-state index contributed by atoms with van der Waals surface area (Å²) < 4.78 is 7.31. The molecular formula is C18H19N3O3. The number of rotatable bonds is 2. The Morgan fingerprint density at radius 2 is 1.88 bits per heavy atom. The number of para-hydroxylation sites is 1. The summed E-state index contributed by atoms with van der Waals surface area (Å²) in [4.78, 5) is 28.9. The number of carbonyl (C=O) groups excluding carboxylic acids is 2. The highest BCUT2D eigenvalue weighted by molar-refractivity contribution is 6.00. The van der Waals surface area contributed by atoms with E-state index in [9.17, 15) is 9.59 Å². The first-order valence-corrected chi connectivity index (χ1v) is 8.14. The van der Waals surface area contributed by atoms with Gasteiger partial charge in [0.15, 0.2) is 0 Å². The molecule has 2 aromatic rings. The normalized spacial score (nSPS) is 17.2. The number of benzene rings is 1. The predicted octanol–water partition coefficient (Wildman–Crippen LogP) is 1.29. The van der Waals surface area contributed by atoms with Crippen LogP contribution >= 0.6 is 0 Å². The molecule has 6 nitrogen and oxygen atoms in total. The van der Waals surface area contributed by atoms with Gasteiger partial charge in [0.2, 0.25) is 5.91 Å². The van der Waals surface area contributed by atoms with E-state index in [1.165, 1.54) is 0 Å². The Hall–Kier alpha value is -2.60. The lowest BCUT2D eigenvalue weighted by Crippen LogP contribution is -2.46. The number of ether oxygens (including phenoxy) is 1. The van der Waals surface area contributed by atoms with Crippen molar-refractivity contribution >= 4 is 11.8 Å². The standard InChI is InChI=1S/C18H19N3O3/c22-17(19-8-10-24-11-9-19)13-20-12-14-4-3-7-21(14)16-6-2-1-5-15(16)18(20)23/h1-7H,8-13H2. The first kappa shape index (κ1) is 15.0. The number of hydrogen-bond acceptors (Lipinski definition) is 3. The summed E-state index contributed by atoms with van der Waals surface area (Å²) >= 11 is 0. The van der Waals surface area contributed by atoms with Gasteiger partial charge in [-0.25, -0.2) is 0 Å². The average Bonchev–Trinajstić information content (AvgIpc) is 3.05. The average molecular weight is 325 g/mol. The number of fused-ring (bicyclic) bond motifs is 3. The minimum absolute atomic E-state index is 0.0239. The van der Waals surface area contributed by atoms with Crippen LogP contribution < -0.4 is 0 Å². The molecule has 0 atom stereocenters. The maximum Gasteiger partial charge on any atom is 0.256 e. The van der Waals surface area contributed by atoms with Gasteiger partial charge in [0.05, 0.1) is 31.0 Å². The van der Waals surface area contributed by atoms with Gasteiger partial charge in [-0.15, -0.1) is 0 Å². The molecule has 0 unspecified atom stereocenters. The Balaban J connectivity index is 1.63. The minimum atomic E-state index is -0.101. The Morgan fingerprint density at radius 1 is 1.08 bits per heavy atom. The van der Waals surface area contributed by atoms with Crippen LogP contribution in [0.1, 0.15) is 16.1 Å². The van der Waals surface area contributed by atoms with Crippen LogP contribution in [0.15, 0.2) is 42.6 Å². The molecule has 0 bridgehead atoms. The van der Waals surface area contributed by atoms with Crippen LogP contribution in [0.25, 0.3) is 5.69 Å². The maximum absolute atomic E-state index is 12.9. The summed E-state index contributed by atoms with van der Waals surface area (Å²) in [7, 11) is 0.